The van der Waals surface area contributed by atoms with E-state index in [1.54, 1.807) is 0 Å². The molecule has 0 fully saturated rings. The molecule has 0 aliphatic rings. The molecule has 0 heterocycles. The van der Waals surface area contributed by atoms with Crippen molar-refractivity contribution >= 4 is 17.9 Å². The van der Waals surface area contributed by atoms with E-state index in [1.165, 1.54) is 38.5 Å². The van der Waals surface area contributed by atoms with E-state index < -0.39 is 6.10 Å². The van der Waals surface area contributed by atoms with Crippen molar-refractivity contribution in [3.8, 4) is 0 Å². The molecule has 0 amide bonds. The van der Waals surface area contributed by atoms with Gasteiger partial charge in [0.15, 0.2) is 6.10 Å². The lowest BCUT2D eigenvalue weighted by molar-refractivity contribution is -0.900. The number of nitrogens with zero attached hydrogens (tertiary/aromatic N) is 3. The van der Waals surface area contributed by atoms with Gasteiger partial charge in [-0.15, -0.1) is 0 Å². The first kappa shape index (κ1) is 75.4. The van der Waals surface area contributed by atoms with Crippen LogP contribution in [0.4, 0.5) is 0 Å². The SMILES string of the molecule is CCCCCC(C(O)C/C=C/CCCCCCCC(=O)OCC(COC(=O)CCCCCCC/C=C/CC(O)C(CCCCC)[N+](C)(C)C)OC(=O)CCCCCCC/C=C/CC(O)C(CCCCC)[N+](C)(C)C)[N+](C)(C)C. The Labute approximate surface area is 481 Å². The number of carbonyl (C=O) groups is 3. The molecule has 0 aromatic heterocycles. The second kappa shape index (κ2) is 46.9. The fourth-order valence-electron chi connectivity index (χ4n) is 10.7. The number of unbranched alkanes of at least 4 members (excludes halogenated alkanes) is 21. The number of aliphatic hydroxyl groups excluding tert-OH is 3. The highest BCUT2D eigenvalue weighted by Crippen LogP contribution is 2.22. The minimum absolute atomic E-state index is 0.144. The van der Waals surface area contributed by atoms with Crippen molar-refractivity contribution in [1.82, 2.24) is 0 Å². The van der Waals surface area contributed by atoms with Gasteiger partial charge in [0, 0.05) is 38.5 Å². The van der Waals surface area contributed by atoms with Gasteiger partial charge >= 0.3 is 17.9 Å². The molecular weight excluding hydrogens is 979 g/mol. The molecule has 12 nitrogen and oxygen atoms in total. The van der Waals surface area contributed by atoms with Crippen LogP contribution in [0.5, 0.6) is 0 Å². The van der Waals surface area contributed by atoms with Crippen molar-refractivity contribution in [3.05, 3.63) is 36.5 Å². The zero-order chi connectivity index (χ0) is 58.5. The quantitative estimate of drug-likeness (QED) is 0.0179. The van der Waals surface area contributed by atoms with E-state index in [9.17, 15) is 29.7 Å². The summed E-state index contributed by atoms with van der Waals surface area (Å²) >= 11 is 0. The van der Waals surface area contributed by atoms with E-state index in [2.05, 4.69) is 121 Å². The van der Waals surface area contributed by atoms with Crippen LogP contribution in [0.1, 0.15) is 252 Å². The van der Waals surface area contributed by atoms with Gasteiger partial charge in [-0.05, 0) is 96.3 Å². The first-order valence-electron chi connectivity index (χ1n) is 32.0. The number of esters is 3. The molecule has 0 rings (SSSR count). The average molecular weight is 1110 g/mol. The molecule has 0 aromatic rings. The average Bonchev–Trinajstić information content (AvgIpc) is 3.36. The van der Waals surface area contributed by atoms with E-state index in [0.29, 0.717) is 25.7 Å². The summed E-state index contributed by atoms with van der Waals surface area (Å²) in [5, 5.41) is 32.8. The zero-order valence-electron chi connectivity index (χ0n) is 53.0. The van der Waals surface area contributed by atoms with Crippen LogP contribution >= 0.6 is 0 Å². The summed E-state index contributed by atoms with van der Waals surface area (Å²) < 4.78 is 19.2. The van der Waals surface area contributed by atoms with Crippen molar-refractivity contribution in [2.45, 2.75) is 294 Å². The van der Waals surface area contributed by atoms with Crippen LogP contribution in [0.25, 0.3) is 0 Å². The summed E-state index contributed by atoms with van der Waals surface area (Å²) in [7, 11) is 19.6. The smallest absolute Gasteiger partial charge is 0.306 e. The molecule has 458 valence electrons. The Balaban J connectivity index is 4.89. The second-order valence-electron chi connectivity index (χ2n) is 25.8. The van der Waals surface area contributed by atoms with Crippen LogP contribution in [0.15, 0.2) is 36.5 Å². The van der Waals surface area contributed by atoms with Crippen molar-refractivity contribution in [2.75, 3.05) is 76.6 Å². The number of likely N-dealkylation sites (N-methyl/N-ethyl adjacent to an activating group) is 3. The second-order valence-corrected chi connectivity index (χ2v) is 25.8. The monoisotopic (exact) mass is 1110 g/mol. The minimum atomic E-state index is -0.855. The molecule has 6 atom stereocenters. The van der Waals surface area contributed by atoms with Crippen molar-refractivity contribution in [2.24, 2.45) is 0 Å². The first-order valence-corrected chi connectivity index (χ1v) is 32.0. The molecule has 12 heteroatoms. The summed E-state index contributed by atoms with van der Waals surface area (Å²) in [4.78, 5) is 38.6. The molecule has 0 aliphatic heterocycles. The predicted octanol–water partition coefficient (Wildman–Crippen LogP) is 14.1. The molecule has 0 radical (unpaired) electrons. The van der Waals surface area contributed by atoms with Crippen LogP contribution in [0.2, 0.25) is 0 Å². The Morgan fingerprint density at radius 1 is 0.359 bits per heavy atom. The van der Waals surface area contributed by atoms with Gasteiger partial charge in [-0.2, -0.15) is 0 Å². The van der Waals surface area contributed by atoms with Gasteiger partial charge in [-0.1, -0.05) is 154 Å². The summed E-state index contributed by atoms with van der Waals surface area (Å²) in [5.41, 5.74) is 0. The maximum absolute atomic E-state index is 13.0. The van der Waals surface area contributed by atoms with Gasteiger partial charge in [0.1, 0.15) is 49.7 Å². The summed E-state index contributed by atoms with van der Waals surface area (Å²) in [5.74, 6) is -1.06. The molecule has 3 N–H and O–H groups in total. The third-order valence-electron chi connectivity index (χ3n) is 15.7. The van der Waals surface area contributed by atoms with E-state index in [-0.39, 0.29) is 86.8 Å². The van der Waals surface area contributed by atoms with Crippen LogP contribution in [-0.2, 0) is 28.6 Å². The topological polar surface area (TPSA) is 140 Å². The van der Waals surface area contributed by atoms with Crippen molar-refractivity contribution < 1.29 is 57.4 Å². The summed E-state index contributed by atoms with van der Waals surface area (Å²) in [6, 6.07) is 0.707. The van der Waals surface area contributed by atoms with E-state index in [0.717, 1.165) is 161 Å². The lowest BCUT2D eigenvalue weighted by Crippen LogP contribution is -2.51. The van der Waals surface area contributed by atoms with E-state index in [1.807, 2.05) is 0 Å². The number of hydrogen-bond acceptors (Lipinski definition) is 9. The predicted molar refractivity (Wildman–Crippen MR) is 326 cm³/mol. The third kappa shape index (κ3) is 42.3. The van der Waals surface area contributed by atoms with Gasteiger partial charge in [0.25, 0.3) is 0 Å². The summed E-state index contributed by atoms with van der Waals surface area (Å²) in [6.07, 6.45) is 45.1. The molecule has 0 saturated heterocycles. The van der Waals surface area contributed by atoms with Gasteiger partial charge < -0.3 is 43.0 Å². The molecule has 0 aromatic carbocycles. The molecule has 0 saturated carbocycles. The van der Waals surface area contributed by atoms with E-state index in [4.69, 9.17) is 14.2 Å². The lowest BCUT2D eigenvalue weighted by atomic mass is 9.98. The summed E-state index contributed by atoms with van der Waals surface area (Å²) in [6.45, 7) is 6.35. The zero-order valence-corrected chi connectivity index (χ0v) is 53.0. The highest BCUT2D eigenvalue weighted by atomic mass is 16.6. The number of ether oxygens (including phenoxy) is 3. The van der Waals surface area contributed by atoms with Gasteiger partial charge in [-0.3, -0.25) is 14.4 Å². The van der Waals surface area contributed by atoms with Crippen molar-refractivity contribution in [1.29, 1.82) is 0 Å². The Morgan fingerprint density at radius 2 is 0.628 bits per heavy atom. The van der Waals surface area contributed by atoms with Crippen LogP contribution in [-0.4, -0.2) is 166 Å². The molecule has 0 bridgehead atoms. The lowest BCUT2D eigenvalue weighted by Gasteiger charge is -2.37. The van der Waals surface area contributed by atoms with Gasteiger partial charge in [0.05, 0.1) is 63.4 Å². The van der Waals surface area contributed by atoms with Crippen LogP contribution in [0.3, 0.4) is 0 Å². The fourth-order valence-corrected chi connectivity index (χ4v) is 10.7. The number of aliphatic hydroxyl groups is 3. The number of quaternary nitrogens is 3. The highest BCUT2D eigenvalue weighted by molar-refractivity contribution is 5.71. The molecule has 78 heavy (non-hydrogen) atoms. The largest absolute Gasteiger partial charge is 0.462 e. The molecule has 6 unspecified atom stereocenters. The van der Waals surface area contributed by atoms with Crippen molar-refractivity contribution in [3.63, 3.8) is 0 Å². The number of allylic oxidation sites excluding steroid dienone is 3. The highest BCUT2D eigenvalue weighted by Gasteiger charge is 2.32. The van der Waals surface area contributed by atoms with E-state index >= 15 is 0 Å². The first-order chi connectivity index (χ1) is 37.1. The standard InChI is InChI=1S/C66H128N3O9/c1-13-16-37-46-58(67(4,5)6)61(70)49-40-31-25-19-22-28-34-43-52-64(73)76-55-57(78-66(75)54-45-36-30-24-21-27-33-42-51-63(72)60(69(10,11)12)48-39-18-15-3)56-77-65(74)53-44-35-29-23-20-26-32-41-50-62(71)59(68(7,8)9)47-38-17-14-2/h31-33,40-42,57-63,70-72H,13-30,34-39,43-56H2,1-12H3/q+3/b40-31+,41-32+,42-33+. The Bertz CT molecular complexity index is 1470. The molecule has 0 spiro atoms. The molecule has 0 aliphatic carbocycles. The molecular formula is C66H128N3O9+3. The van der Waals surface area contributed by atoms with Crippen LogP contribution < -0.4 is 0 Å². The number of carbonyl (C=O) groups excluding carboxylic acids is 3. The number of hydrogen-bond donors (Lipinski definition) is 3. The normalized spacial score (nSPS) is 15.4. The van der Waals surface area contributed by atoms with Gasteiger partial charge in [0.2, 0.25) is 0 Å². The van der Waals surface area contributed by atoms with Gasteiger partial charge in [-0.25, -0.2) is 0 Å². The maximum Gasteiger partial charge on any atom is 0.306 e. The fraction of sp³-hybridized carbons (Fsp3) is 0.864. The van der Waals surface area contributed by atoms with Crippen LogP contribution in [0, 0.1) is 0 Å². The minimum Gasteiger partial charge on any atom is -0.462 e. The Morgan fingerprint density at radius 3 is 0.910 bits per heavy atom. The Kier molecular flexibility index (Phi) is 45.4. The third-order valence-corrected chi connectivity index (χ3v) is 15.7. The maximum atomic E-state index is 13.0. The Hall–Kier alpha value is -2.61. The number of rotatable bonds is 53.